The lowest BCUT2D eigenvalue weighted by atomic mass is 10.2. The van der Waals surface area contributed by atoms with Crippen molar-refractivity contribution < 1.29 is 13.2 Å². The van der Waals surface area contributed by atoms with E-state index in [2.05, 4.69) is 9.82 Å². The average molecular weight is 307 g/mol. The van der Waals surface area contributed by atoms with Crippen LogP contribution in [0.1, 0.15) is 24.2 Å². The molecule has 0 radical (unpaired) electrons. The summed E-state index contributed by atoms with van der Waals surface area (Å²) in [6, 6.07) is 7.35. The Bertz CT molecular complexity index is 706. The summed E-state index contributed by atoms with van der Waals surface area (Å²) >= 11 is 0. The molecular formula is C14H17N3O3S. The first kappa shape index (κ1) is 15.4. The molecule has 112 valence electrons. The van der Waals surface area contributed by atoms with Crippen LogP contribution in [0.3, 0.4) is 0 Å². The van der Waals surface area contributed by atoms with Crippen LogP contribution in [-0.4, -0.2) is 30.0 Å². The Labute approximate surface area is 123 Å². The molecule has 1 aromatic carbocycles. The second-order valence-electron chi connectivity index (χ2n) is 4.83. The highest BCUT2D eigenvalue weighted by Gasteiger charge is 2.17. The van der Waals surface area contributed by atoms with Crippen molar-refractivity contribution in [3.63, 3.8) is 0 Å². The number of nitrogens with zero attached hydrogens (tertiary/aromatic N) is 2. The fourth-order valence-corrected chi connectivity index (χ4v) is 3.16. The number of hydrogen-bond acceptors (Lipinski definition) is 4. The maximum Gasteiger partial charge on any atom is 0.240 e. The van der Waals surface area contributed by atoms with E-state index in [4.69, 9.17) is 0 Å². The van der Waals surface area contributed by atoms with E-state index in [1.807, 2.05) is 0 Å². The molecule has 0 saturated heterocycles. The zero-order valence-corrected chi connectivity index (χ0v) is 12.7. The minimum Gasteiger partial charge on any atom is -0.295 e. The predicted octanol–water partition coefficient (Wildman–Crippen LogP) is 1.45. The van der Waals surface area contributed by atoms with E-state index in [0.717, 1.165) is 0 Å². The van der Waals surface area contributed by atoms with E-state index in [1.54, 1.807) is 30.1 Å². The largest absolute Gasteiger partial charge is 0.295 e. The summed E-state index contributed by atoms with van der Waals surface area (Å²) in [7, 11) is -3.61. The summed E-state index contributed by atoms with van der Waals surface area (Å²) in [5, 5.41) is 4.03. The van der Waals surface area contributed by atoms with Gasteiger partial charge < -0.3 is 0 Å². The lowest BCUT2D eigenvalue weighted by Crippen LogP contribution is -2.35. The fourth-order valence-electron chi connectivity index (χ4n) is 1.93. The Hall–Kier alpha value is -1.99. The quantitative estimate of drug-likeness (QED) is 0.819. The molecule has 0 aliphatic carbocycles. The summed E-state index contributed by atoms with van der Waals surface area (Å²) in [5.41, 5.74) is 0.485. The number of Topliss-reactive ketones (excluding diaryl/α,β-unsaturated/α-hetero) is 1. The second-order valence-corrected chi connectivity index (χ2v) is 6.54. The highest BCUT2D eigenvalue weighted by atomic mass is 32.2. The van der Waals surface area contributed by atoms with Crippen molar-refractivity contribution in [3.05, 3.63) is 48.3 Å². The number of sulfonamides is 1. The van der Waals surface area contributed by atoms with Crippen molar-refractivity contribution in [2.75, 3.05) is 0 Å². The molecule has 6 nitrogen and oxygen atoms in total. The van der Waals surface area contributed by atoms with Crippen molar-refractivity contribution in [1.29, 1.82) is 0 Å². The Morgan fingerprint density at radius 1 is 1.33 bits per heavy atom. The van der Waals surface area contributed by atoms with E-state index in [9.17, 15) is 13.2 Å². The van der Waals surface area contributed by atoms with Crippen LogP contribution < -0.4 is 4.72 Å². The lowest BCUT2D eigenvalue weighted by molar-refractivity contribution is 0.101. The lowest BCUT2D eigenvalue weighted by Gasteiger charge is -2.14. The van der Waals surface area contributed by atoms with E-state index in [0.29, 0.717) is 12.1 Å². The van der Waals surface area contributed by atoms with Crippen LogP contribution in [-0.2, 0) is 16.6 Å². The summed E-state index contributed by atoms with van der Waals surface area (Å²) in [6.45, 7) is 3.65. The van der Waals surface area contributed by atoms with Crippen LogP contribution in [0, 0.1) is 0 Å². The molecule has 0 aliphatic rings. The fraction of sp³-hybridized carbons (Fsp3) is 0.286. The molecule has 0 amide bonds. The van der Waals surface area contributed by atoms with Crippen LogP contribution in [0.25, 0.3) is 0 Å². The standard InChI is InChI=1S/C14H17N3O3S/c1-11(10-17-9-3-8-15-17)16-21(19,20)14-6-4-13(5-7-14)12(2)18/h3-9,11,16H,10H2,1-2H3. The Morgan fingerprint density at radius 2 is 2.00 bits per heavy atom. The molecule has 21 heavy (non-hydrogen) atoms. The van der Waals surface area contributed by atoms with E-state index in [1.165, 1.54) is 31.2 Å². The molecule has 7 heteroatoms. The molecule has 1 heterocycles. The molecule has 1 N–H and O–H groups in total. The third kappa shape index (κ3) is 3.99. The minimum absolute atomic E-state index is 0.0982. The number of carbonyl (C=O) groups is 1. The van der Waals surface area contributed by atoms with Crippen molar-refractivity contribution >= 4 is 15.8 Å². The van der Waals surface area contributed by atoms with Gasteiger partial charge in [0.2, 0.25) is 10.0 Å². The number of hydrogen-bond donors (Lipinski definition) is 1. The van der Waals surface area contributed by atoms with Gasteiger partial charge in [0, 0.05) is 24.0 Å². The van der Waals surface area contributed by atoms with E-state index >= 15 is 0 Å². The Kier molecular flexibility index (Phi) is 4.54. The Balaban J connectivity index is 2.08. The van der Waals surface area contributed by atoms with Gasteiger partial charge in [-0.25, -0.2) is 13.1 Å². The van der Waals surface area contributed by atoms with E-state index in [-0.39, 0.29) is 16.7 Å². The number of benzene rings is 1. The normalized spacial score (nSPS) is 13.0. The molecule has 0 aliphatic heterocycles. The molecule has 2 aromatic rings. The molecule has 1 aromatic heterocycles. The van der Waals surface area contributed by atoms with Crippen molar-refractivity contribution in [1.82, 2.24) is 14.5 Å². The number of rotatable bonds is 6. The molecular weight excluding hydrogens is 290 g/mol. The van der Waals surface area contributed by atoms with Gasteiger partial charge in [-0.2, -0.15) is 5.10 Å². The average Bonchev–Trinajstić information content (AvgIpc) is 2.90. The first-order valence-electron chi connectivity index (χ1n) is 6.49. The van der Waals surface area contributed by atoms with Crippen molar-refractivity contribution in [2.24, 2.45) is 0 Å². The summed E-state index contributed by atoms with van der Waals surface area (Å²) in [5.74, 6) is -0.0982. The zero-order valence-electron chi connectivity index (χ0n) is 11.9. The summed E-state index contributed by atoms with van der Waals surface area (Å²) in [6.07, 6.45) is 3.41. The SMILES string of the molecule is CC(=O)c1ccc(S(=O)(=O)NC(C)Cn2cccn2)cc1. The summed E-state index contributed by atoms with van der Waals surface area (Å²) < 4.78 is 28.7. The monoisotopic (exact) mass is 307 g/mol. The van der Waals surface area contributed by atoms with Crippen LogP contribution in [0.4, 0.5) is 0 Å². The van der Waals surface area contributed by atoms with Gasteiger partial charge in [0.1, 0.15) is 0 Å². The minimum atomic E-state index is -3.61. The van der Waals surface area contributed by atoms with E-state index < -0.39 is 10.0 Å². The van der Waals surface area contributed by atoms with Gasteiger partial charge in [-0.05, 0) is 32.0 Å². The third-order valence-corrected chi connectivity index (χ3v) is 4.55. The molecule has 1 atom stereocenters. The van der Waals surface area contributed by atoms with Crippen LogP contribution in [0.2, 0.25) is 0 Å². The number of nitrogens with one attached hydrogen (secondary N) is 1. The molecule has 0 spiro atoms. The highest BCUT2D eigenvalue weighted by Crippen LogP contribution is 2.11. The second kappa shape index (κ2) is 6.19. The molecule has 0 fully saturated rings. The van der Waals surface area contributed by atoms with Crippen molar-refractivity contribution in [2.45, 2.75) is 31.3 Å². The zero-order chi connectivity index (χ0) is 15.5. The van der Waals surface area contributed by atoms with Crippen molar-refractivity contribution in [3.8, 4) is 0 Å². The maximum absolute atomic E-state index is 12.2. The number of carbonyl (C=O) groups excluding carboxylic acids is 1. The highest BCUT2D eigenvalue weighted by molar-refractivity contribution is 7.89. The molecule has 1 unspecified atom stereocenters. The first-order valence-corrected chi connectivity index (χ1v) is 7.97. The van der Waals surface area contributed by atoms with Gasteiger partial charge in [0.25, 0.3) is 0 Å². The topological polar surface area (TPSA) is 81.1 Å². The van der Waals surface area contributed by atoms with Gasteiger partial charge in [0.05, 0.1) is 11.4 Å². The van der Waals surface area contributed by atoms with Crippen LogP contribution in [0.15, 0.2) is 47.6 Å². The third-order valence-electron chi connectivity index (χ3n) is 2.95. The maximum atomic E-state index is 12.2. The van der Waals surface area contributed by atoms with Gasteiger partial charge in [0.15, 0.2) is 5.78 Å². The van der Waals surface area contributed by atoms with Gasteiger partial charge in [-0.15, -0.1) is 0 Å². The van der Waals surface area contributed by atoms with Gasteiger partial charge >= 0.3 is 0 Å². The van der Waals surface area contributed by atoms with Crippen LogP contribution >= 0.6 is 0 Å². The molecule has 2 rings (SSSR count). The molecule has 0 bridgehead atoms. The van der Waals surface area contributed by atoms with Crippen LogP contribution in [0.5, 0.6) is 0 Å². The number of aromatic nitrogens is 2. The summed E-state index contributed by atoms with van der Waals surface area (Å²) in [4.78, 5) is 11.3. The van der Waals surface area contributed by atoms with Gasteiger partial charge in [-0.3, -0.25) is 9.48 Å². The number of ketones is 1. The molecule has 0 saturated carbocycles. The Morgan fingerprint density at radius 3 is 2.52 bits per heavy atom. The smallest absolute Gasteiger partial charge is 0.240 e. The van der Waals surface area contributed by atoms with Gasteiger partial charge in [-0.1, -0.05) is 12.1 Å². The first-order chi connectivity index (χ1) is 9.88. The predicted molar refractivity (Wildman–Crippen MR) is 78.5 cm³/mol.